The molecule has 0 saturated carbocycles. The summed E-state index contributed by atoms with van der Waals surface area (Å²) in [5.41, 5.74) is 1.91. The molecular formula is C11H10O3. The Bertz CT molecular complexity index is 395. The minimum absolute atomic E-state index is 0.170. The molecule has 0 amide bonds. The highest BCUT2D eigenvalue weighted by Crippen LogP contribution is 2.29. The largest absolute Gasteiger partial charge is 0.393 e. The van der Waals surface area contributed by atoms with Crippen LogP contribution in [0.5, 0.6) is 0 Å². The summed E-state index contributed by atoms with van der Waals surface area (Å²) >= 11 is 0. The van der Waals surface area contributed by atoms with Crippen molar-refractivity contribution >= 4 is 11.9 Å². The van der Waals surface area contributed by atoms with Crippen molar-refractivity contribution in [1.29, 1.82) is 0 Å². The Morgan fingerprint density at radius 2 is 2.00 bits per heavy atom. The van der Waals surface area contributed by atoms with Crippen molar-refractivity contribution in [3.8, 4) is 0 Å². The van der Waals surface area contributed by atoms with Crippen molar-refractivity contribution in [3.63, 3.8) is 0 Å². The molecule has 1 aliphatic heterocycles. The summed E-state index contributed by atoms with van der Waals surface area (Å²) < 4.78 is 4.51. The van der Waals surface area contributed by atoms with Crippen LogP contribution in [-0.4, -0.2) is 11.9 Å². The number of esters is 2. The fraction of sp³-hybridized carbons (Fsp3) is 0.273. The molecule has 14 heavy (non-hydrogen) atoms. The second-order valence-corrected chi connectivity index (χ2v) is 3.41. The van der Waals surface area contributed by atoms with Crippen LogP contribution in [0.3, 0.4) is 0 Å². The van der Waals surface area contributed by atoms with E-state index in [1.54, 1.807) is 0 Å². The van der Waals surface area contributed by atoms with Crippen LogP contribution in [0.4, 0.5) is 0 Å². The van der Waals surface area contributed by atoms with Crippen LogP contribution in [0.1, 0.15) is 23.5 Å². The molecule has 0 aliphatic carbocycles. The van der Waals surface area contributed by atoms with E-state index in [1.165, 1.54) is 0 Å². The number of ether oxygens (including phenoxy) is 1. The van der Waals surface area contributed by atoms with Crippen molar-refractivity contribution in [1.82, 2.24) is 0 Å². The summed E-state index contributed by atoms with van der Waals surface area (Å²) in [6, 6.07) is 7.55. The minimum Gasteiger partial charge on any atom is -0.393 e. The van der Waals surface area contributed by atoms with Crippen molar-refractivity contribution in [2.24, 2.45) is 0 Å². The third-order valence-electron chi connectivity index (χ3n) is 2.43. The van der Waals surface area contributed by atoms with E-state index < -0.39 is 17.9 Å². The lowest BCUT2D eigenvalue weighted by Crippen LogP contribution is -2.06. The summed E-state index contributed by atoms with van der Waals surface area (Å²) in [5, 5.41) is 0. The van der Waals surface area contributed by atoms with Crippen LogP contribution in [0, 0.1) is 6.92 Å². The predicted molar refractivity (Wildman–Crippen MR) is 49.6 cm³/mol. The quantitative estimate of drug-likeness (QED) is 0.498. The summed E-state index contributed by atoms with van der Waals surface area (Å²) in [5.74, 6) is -1.25. The SMILES string of the molecule is Cc1ccccc1C1CC(=O)OC1=O. The van der Waals surface area contributed by atoms with Gasteiger partial charge in [-0.15, -0.1) is 0 Å². The lowest BCUT2D eigenvalue weighted by atomic mass is 9.94. The molecule has 3 nitrogen and oxygen atoms in total. The second kappa shape index (κ2) is 3.25. The zero-order valence-electron chi connectivity index (χ0n) is 7.82. The highest BCUT2D eigenvalue weighted by atomic mass is 16.6. The number of benzene rings is 1. The minimum atomic E-state index is -0.428. The van der Waals surface area contributed by atoms with Gasteiger partial charge in [-0.1, -0.05) is 24.3 Å². The van der Waals surface area contributed by atoms with Crippen molar-refractivity contribution in [2.75, 3.05) is 0 Å². The van der Waals surface area contributed by atoms with Crippen LogP contribution >= 0.6 is 0 Å². The fourth-order valence-corrected chi connectivity index (χ4v) is 1.69. The Morgan fingerprint density at radius 3 is 2.57 bits per heavy atom. The van der Waals surface area contributed by atoms with Crippen LogP contribution in [0.2, 0.25) is 0 Å². The van der Waals surface area contributed by atoms with Gasteiger partial charge in [0.2, 0.25) is 0 Å². The molecule has 0 spiro atoms. The van der Waals surface area contributed by atoms with E-state index in [0.29, 0.717) is 0 Å². The number of cyclic esters (lactones) is 2. The number of carbonyl (C=O) groups excluding carboxylic acids is 2. The standard InChI is InChI=1S/C11H10O3/c1-7-4-2-3-5-8(7)9-6-10(12)14-11(9)13/h2-5,9H,6H2,1H3. The molecule has 1 fully saturated rings. The van der Waals surface area contributed by atoms with E-state index >= 15 is 0 Å². The monoisotopic (exact) mass is 190 g/mol. The average molecular weight is 190 g/mol. The molecule has 0 radical (unpaired) electrons. The first-order chi connectivity index (χ1) is 6.68. The molecular weight excluding hydrogens is 180 g/mol. The fourth-order valence-electron chi connectivity index (χ4n) is 1.69. The summed E-state index contributed by atoms with van der Waals surface area (Å²) in [7, 11) is 0. The lowest BCUT2D eigenvalue weighted by molar-refractivity contribution is -0.152. The van der Waals surface area contributed by atoms with Gasteiger partial charge in [0, 0.05) is 0 Å². The first kappa shape index (κ1) is 8.94. The predicted octanol–water partition coefficient (Wildman–Crippen LogP) is 1.55. The van der Waals surface area contributed by atoms with E-state index in [4.69, 9.17) is 0 Å². The molecule has 1 saturated heterocycles. The van der Waals surface area contributed by atoms with Crippen LogP contribution < -0.4 is 0 Å². The molecule has 1 unspecified atom stereocenters. The Hall–Kier alpha value is -1.64. The first-order valence-corrected chi connectivity index (χ1v) is 4.48. The number of rotatable bonds is 1. The van der Waals surface area contributed by atoms with Crippen molar-refractivity contribution < 1.29 is 14.3 Å². The Kier molecular flexibility index (Phi) is 2.08. The Labute approximate surface area is 81.7 Å². The van der Waals surface area contributed by atoms with E-state index in [1.807, 2.05) is 31.2 Å². The van der Waals surface area contributed by atoms with Gasteiger partial charge in [0.15, 0.2) is 0 Å². The maximum Gasteiger partial charge on any atom is 0.321 e. The molecule has 0 N–H and O–H groups in total. The average Bonchev–Trinajstić information content (AvgIpc) is 2.46. The topological polar surface area (TPSA) is 43.4 Å². The van der Waals surface area contributed by atoms with Gasteiger partial charge in [-0.3, -0.25) is 9.59 Å². The van der Waals surface area contributed by atoms with Gasteiger partial charge in [0.05, 0.1) is 12.3 Å². The number of hydrogen-bond donors (Lipinski definition) is 0. The molecule has 1 aliphatic rings. The molecule has 72 valence electrons. The maximum absolute atomic E-state index is 11.3. The molecule has 0 bridgehead atoms. The zero-order chi connectivity index (χ0) is 10.1. The van der Waals surface area contributed by atoms with E-state index in [9.17, 15) is 9.59 Å². The van der Waals surface area contributed by atoms with Gasteiger partial charge in [-0.05, 0) is 18.1 Å². The maximum atomic E-state index is 11.3. The van der Waals surface area contributed by atoms with Crippen LogP contribution in [0.25, 0.3) is 0 Å². The van der Waals surface area contributed by atoms with Gasteiger partial charge >= 0.3 is 11.9 Å². The molecule has 3 heteroatoms. The molecule has 2 rings (SSSR count). The molecule has 0 aromatic heterocycles. The normalized spacial score (nSPS) is 21.1. The summed E-state index contributed by atoms with van der Waals surface area (Å²) in [4.78, 5) is 22.2. The summed E-state index contributed by atoms with van der Waals surface area (Å²) in [6.45, 7) is 1.92. The number of hydrogen-bond acceptors (Lipinski definition) is 3. The van der Waals surface area contributed by atoms with Crippen LogP contribution in [0.15, 0.2) is 24.3 Å². The zero-order valence-corrected chi connectivity index (χ0v) is 7.82. The molecule has 1 aromatic carbocycles. The third kappa shape index (κ3) is 1.41. The Morgan fingerprint density at radius 1 is 1.29 bits per heavy atom. The van der Waals surface area contributed by atoms with E-state index in [-0.39, 0.29) is 6.42 Å². The van der Waals surface area contributed by atoms with Crippen molar-refractivity contribution in [3.05, 3.63) is 35.4 Å². The smallest absolute Gasteiger partial charge is 0.321 e. The van der Waals surface area contributed by atoms with Gasteiger partial charge in [-0.2, -0.15) is 0 Å². The van der Waals surface area contributed by atoms with Crippen LogP contribution in [-0.2, 0) is 14.3 Å². The Balaban J connectivity index is 2.36. The van der Waals surface area contributed by atoms with Gasteiger partial charge < -0.3 is 4.74 Å². The van der Waals surface area contributed by atoms with E-state index in [2.05, 4.69) is 4.74 Å². The third-order valence-corrected chi connectivity index (χ3v) is 2.43. The van der Waals surface area contributed by atoms with Gasteiger partial charge in [-0.25, -0.2) is 0 Å². The lowest BCUT2D eigenvalue weighted by Gasteiger charge is -2.07. The number of carbonyl (C=O) groups is 2. The molecule has 1 heterocycles. The first-order valence-electron chi connectivity index (χ1n) is 4.48. The highest BCUT2D eigenvalue weighted by molar-refractivity contribution is 5.98. The van der Waals surface area contributed by atoms with E-state index in [0.717, 1.165) is 11.1 Å². The molecule has 1 atom stereocenters. The van der Waals surface area contributed by atoms with Gasteiger partial charge in [0.25, 0.3) is 0 Å². The number of aryl methyl sites for hydroxylation is 1. The van der Waals surface area contributed by atoms with Gasteiger partial charge in [0.1, 0.15) is 0 Å². The summed E-state index contributed by atoms with van der Waals surface area (Å²) in [6.07, 6.45) is 0.170. The second-order valence-electron chi connectivity index (χ2n) is 3.41. The van der Waals surface area contributed by atoms with Crippen molar-refractivity contribution in [2.45, 2.75) is 19.3 Å². The molecule has 1 aromatic rings. The highest BCUT2D eigenvalue weighted by Gasteiger charge is 2.35.